The summed E-state index contributed by atoms with van der Waals surface area (Å²) in [6, 6.07) is 6.04. The summed E-state index contributed by atoms with van der Waals surface area (Å²) in [5.74, 6) is -1.53. The molecule has 0 bridgehead atoms. The topological polar surface area (TPSA) is 144 Å². The molecule has 4 amide bonds. The number of nitrogens with zero attached hydrogens (tertiary/aromatic N) is 1. The Hall–Kier alpha value is -3.40. The number of benzene rings is 1. The van der Waals surface area contributed by atoms with Crippen molar-refractivity contribution in [3.05, 3.63) is 36.0 Å². The molecule has 1 aliphatic rings. The Morgan fingerprint density at radius 1 is 1.09 bits per heavy atom. The number of rotatable bonds is 3. The molecular formula is C23H31N5O5. The number of amides is 4. The standard InChI is InChI=1S/C23H31N5O5/c1-15-22(32)27-19(12-16-13-25-18-7-3-2-6-17(16)18)23(33)24-9-5-11-28(21(31)14-29)10-4-8-20(30)26-15/h2-3,6-7,13,15,19,25,29H,4-5,8-12,14H2,1H3,(H,24,33)(H,26,30)(H,27,32)/t15-,19+/m0/s1. The first kappa shape index (κ1) is 24.2. The molecule has 1 fully saturated rings. The van der Waals surface area contributed by atoms with Gasteiger partial charge in [0.05, 0.1) is 0 Å². The van der Waals surface area contributed by atoms with E-state index in [-0.39, 0.29) is 24.7 Å². The van der Waals surface area contributed by atoms with Crippen molar-refractivity contribution in [1.29, 1.82) is 0 Å². The molecule has 1 saturated heterocycles. The van der Waals surface area contributed by atoms with E-state index in [4.69, 9.17) is 0 Å². The van der Waals surface area contributed by atoms with Gasteiger partial charge < -0.3 is 30.9 Å². The van der Waals surface area contributed by atoms with E-state index in [0.717, 1.165) is 16.5 Å². The monoisotopic (exact) mass is 457 g/mol. The van der Waals surface area contributed by atoms with Crippen molar-refractivity contribution in [3.8, 4) is 0 Å². The lowest BCUT2D eigenvalue weighted by molar-refractivity contribution is -0.134. The number of aromatic amines is 1. The minimum absolute atomic E-state index is 0.142. The second-order valence-corrected chi connectivity index (χ2v) is 8.20. The van der Waals surface area contributed by atoms with E-state index in [9.17, 15) is 24.3 Å². The smallest absolute Gasteiger partial charge is 0.248 e. The van der Waals surface area contributed by atoms with Gasteiger partial charge in [-0.2, -0.15) is 0 Å². The summed E-state index contributed by atoms with van der Waals surface area (Å²) in [5, 5.41) is 18.4. The van der Waals surface area contributed by atoms with Crippen LogP contribution in [0.1, 0.15) is 31.7 Å². The molecule has 2 heterocycles. The average Bonchev–Trinajstić information content (AvgIpc) is 3.21. The van der Waals surface area contributed by atoms with E-state index in [1.165, 1.54) is 4.90 Å². The number of H-pyrrole nitrogens is 1. The maximum Gasteiger partial charge on any atom is 0.248 e. The zero-order valence-corrected chi connectivity index (χ0v) is 18.7. The van der Waals surface area contributed by atoms with Crippen LogP contribution in [-0.2, 0) is 25.6 Å². The second-order valence-electron chi connectivity index (χ2n) is 8.20. The van der Waals surface area contributed by atoms with Gasteiger partial charge in [-0.1, -0.05) is 18.2 Å². The van der Waals surface area contributed by atoms with Gasteiger partial charge in [0.15, 0.2) is 0 Å². The quantitative estimate of drug-likeness (QED) is 0.434. The molecule has 33 heavy (non-hydrogen) atoms. The molecule has 10 heteroatoms. The fourth-order valence-corrected chi connectivity index (χ4v) is 3.90. The van der Waals surface area contributed by atoms with Gasteiger partial charge in [-0.15, -0.1) is 0 Å². The summed E-state index contributed by atoms with van der Waals surface area (Å²) in [4.78, 5) is 54.6. The molecule has 0 radical (unpaired) electrons. The van der Waals surface area contributed by atoms with Crippen molar-refractivity contribution < 1.29 is 24.3 Å². The first-order valence-corrected chi connectivity index (χ1v) is 11.2. The number of aliphatic hydroxyl groups excluding tert-OH is 1. The molecular weight excluding hydrogens is 426 g/mol. The summed E-state index contributed by atoms with van der Waals surface area (Å²) < 4.78 is 0. The Morgan fingerprint density at radius 3 is 2.64 bits per heavy atom. The predicted octanol–water partition coefficient (Wildman–Crippen LogP) is -0.179. The number of para-hydroxylation sites is 1. The lowest BCUT2D eigenvalue weighted by Gasteiger charge is -2.22. The van der Waals surface area contributed by atoms with Gasteiger partial charge in [-0.3, -0.25) is 19.2 Å². The average molecular weight is 458 g/mol. The molecule has 1 aromatic heterocycles. The van der Waals surface area contributed by atoms with Gasteiger partial charge >= 0.3 is 0 Å². The largest absolute Gasteiger partial charge is 0.387 e. The fraction of sp³-hybridized carbons (Fsp3) is 0.478. The zero-order valence-electron chi connectivity index (χ0n) is 18.7. The van der Waals surface area contributed by atoms with E-state index >= 15 is 0 Å². The van der Waals surface area contributed by atoms with Crippen molar-refractivity contribution in [2.24, 2.45) is 0 Å². The van der Waals surface area contributed by atoms with Crippen LogP contribution in [0.15, 0.2) is 30.5 Å². The summed E-state index contributed by atoms with van der Waals surface area (Å²) >= 11 is 0. The molecule has 2 atom stereocenters. The Balaban J connectivity index is 1.77. The summed E-state index contributed by atoms with van der Waals surface area (Å²) in [6.07, 6.45) is 3.12. The van der Waals surface area contributed by atoms with Gasteiger partial charge in [0, 0.05) is 49.6 Å². The number of carbonyl (C=O) groups is 4. The van der Waals surface area contributed by atoms with Crippen LogP contribution in [0.3, 0.4) is 0 Å². The third-order valence-electron chi connectivity index (χ3n) is 5.73. The van der Waals surface area contributed by atoms with E-state index in [1.807, 2.05) is 30.5 Å². The Morgan fingerprint density at radius 2 is 1.85 bits per heavy atom. The summed E-state index contributed by atoms with van der Waals surface area (Å²) in [5.41, 5.74) is 1.83. The minimum atomic E-state index is -0.837. The molecule has 0 aliphatic carbocycles. The number of aliphatic hydroxyl groups is 1. The fourth-order valence-electron chi connectivity index (χ4n) is 3.90. The number of aromatic nitrogens is 1. The highest BCUT2D eigenvalue weighted by atomic mass is 16.3. The zero-order chi connectivity index (χ0) is 23.8. The van der Waals surface area contributed by atoms with Crippen LogP contribution in [-0.4, -0.2) is 76.9 Å². The van der Waals surface area contributed by atoms with Crippen molar-refractivity contribution >= 4 is 34.5 Å². The van der Waals surface area contributed by atoms with Crippen LogP contribution in [0, 0.1) is 0 Å². The molecule has 5 N–H and O–H groups in total. The van der Waals surface area contributed by atoms with Crippen molar-refractivity contribution in [3.63, 3.8) is 0 Å². The molecule has 1 aromatic carbocycles. The highest BCUT2D eigenvalue weighted by Crippen LogP contribution is 2.19. The predicted molar refractivity (Wildman–Crippen MR) is 122 cm³/mol. The molecule has 0 spiro atoms. The third kappa shape index (κ3) is 6.55. The molecule has 0 unspecified atom stereocenters. The van der Waals surface area contributed by atoms with Crippen molar-refractivity contribution in [2.45, 2.75) is 44.7 Å². The van der Waals surface area contributed by atoms with E-state index in [2.05, 4.69) is 20.9 Å². The highest BCUT2D eigenvalue weighted by Gasteiger charge is 2.26. The first-order chi connectivity index (χ1) is 15.9. The lowest BCUT2D eigenvalue weighted by Crippen LogP contribution is -2.53. The van der Waals surface area contributed by atoms with Crippen LogP contribution < -0.4 is 16.0 Å². The number of fused-ring (bicyclic) bond motifs is 1. The summed E-state index contributed by atoms with van der Waals surface area (Å²) in [6.45, 7) is 1.91. The van der Waals surface area contributed by atoms with Gasteiger partial charge in [-0.05, 0) is 31.4 Å². The number of carbonyl (C=O) groups excluding carboxylic acids is 4. The number of hydrogen-bond donors (Lipinski definition) is 5. The van der Waals surface area contributed by atoms with Gasteiger partial charge in [-0.25, -0.2) is 0 Å². The molecule has 0 saturated carbocycles. The van der Waals surface area contributed by atoms with E-state index in [0.29, 0.717) is 32.5 Å². The molecule has 2 aromatic rings. The Kier molecular flexibility index (Phi) is 8.42. The minimum Gasteiger partial charge on any atom is -0.387 e. The molecule has 3 rings (SSSR count). The maximum absolute atomic E-state index is 13.0. The molecule has 10 nitrogen and oxygen atoms in total. The van der Waals surface area contributed by atoms with Crippen LogP contribution in [0.5, 0.6) is 0 Å². The lowest BCUT2D eigenvalue weighted by atomic mass is 10.0. The van der Waals surface area contributed by atoms with E-state index < -0.39 is 30.5 Å². The van der Waals surface area contributed by atoms with Crippen molar-refractivity contribution in [2.75, 3.05) is 26.2 Å². The molecule has 1 aliphatic heterocycles. The number of hydrogen-bond acceptors (Lipinski definition) is 5. The number of nitrogens with one attached hydrogen (secondary N) is 4. The Labute approximate surface area is 192 Å². The van der Waals surface area contributed by atoms with Crippen LogP contribution in [0.25, 0.3) is 10.9 Å². The van der Waals surface area contributed by atoms with Crippen LogP contribution >= 0.6 is 0 Å². The molecule has 178 valence electrons. The van der Waals surface area contributed by atoms with E-state index in [1.54, 1.807) is 6.92 Å². The van der Waals surface area contributed by atoms with Gasteiger partial charge in [0.25, 0.3) is 0 Å². The van der Waals surface area contributed by atoms with Crippen LogP contribution in [0.4, 0.5) is 0 Å². The van der Waals surface area contributed by atoms with Gasteiger partial charge in [0.1, 0.15) is 18.7 Å². The van der Waals surface area contributed by atoms with Gasteiger partial charge in [0.2, 0.25) is 23.6 Å². The first-order valence-electron chi connectivity index (χ1n) is 11.2. The van der Waals surface area contributed by atoms with Crippen molar-refractivity contribution in [1.82, 2.24) is 25.8 Å². The Bertz CT molecular complexity index is 1000. The highest BCUT2D eigenvalue weighted by molar-refractivity contribution is 5.92. The third-order valence-corrected chi connectivity index (χ3v) is 5.73. The summed E-state index contributed by atoms with van der Waals surface area (Å²) in [7, 11) is 0. The maximum atomic E-state index is 13.0. The second kappa shape index (κ2) is 11.5. The SMILES string of the molecule is C[C@@H]1NC(=O)CCCN(C(=O)CO)CCCNC(=O)[C@@H](Cc2c[nH]c3ccccc23)NC1=O. The van der Waals surface area contributed by atoms with Crippen LogP contribution in [0.2, 0.25) is 0 Å². The normalized spacial score (nSPS) is 21.5.